The topological polar surface area (TPSA) is 104 Å². The largest absolute Gasteiger partial charge is 0.481 e. The molecule has 0 saturated carbocycles. The standard InChI is InChI=1S/C14H29N3O3/c1-14(2,3)11(5-6-12(18)19)7-10-17-13(20)16-9-4-8-15/h11H,4-10,15H2,1-3H3,(H,18,19)(H2,16,17,20). The minimum absolute atomic E-state index is 0.0349. The van der Waals surface area contributed by atoms with Crippen molar-refractivity contribution in [3.8, 4) is 0 Å². The molecule has 0 fully saturated rings. The average Bonchev–Trinajstić information content (AvgIpc) is 2.31. The number of carboxylic acids is 1. The smallest absolute Gasteiger partial charge is 0.314 e. The third-order valence-corrected chi connectivity index (χ3v) is 3.38. The molecule has 5 N–H and O–H groups in total. The van der Waals surface area contributed by atoms with E-state index in [0.717, 1.165) is 12.8 Å². The highest BCUT2D eigenvalue weighted by Gasteiger charge is 2.24. The van der Waals surface area contributed by atoms with Crippen LogP contribution < -0.4 is 16.4 Å². The van der Waals surface area contributed by atoms with E-state index in [2.05, 4.69) is 31.4 Å². The zero-order chi connectivity index (χ0) is 15.6. The van der Waals surface area contributed by atoms with Crippen LogP contribution in [-0.4, -0.2) is 36.7 Å². The highest BCUT2D eigenvalue weighted by Crippen LogP contribution is 2.32. The molecule has 20 heavy (non-hydrogen) atoms. The Labute approximate surface area is 121 Å². The lowest BCUT2D eigenvalue weighted by molar-refractivity contribution is -0.137. The first-order valence-corrected chi connectivity index (χ1v) is 7.21. The van der Waals surface area contributed by atoms with Gasteiger partial charge in [-0.2, -0.15) is 0 Å². The number of hydrogen-bond acceptors (Lipinski definition) is 3. The van der Waals surface area contributed by atoms with E-state index in [1.54, 1.807) is 0 Å². The normalized spacial score (nSPS) is 12.8. The van der Waals surface area contributed by atoms with Crippen molar-refractivity contribution in [2.24, 2.45) is 17.1 Å². The number of hydrogen-bond donors (Lipinski definition) is 4. The van der Waals surface area contributed by atoms with Gasteiger partial charge in [-0.1, -0.05) is 20.8 Å². The molecule has 0 heterocycles. The summed E-state index contributed by atoms with van der Waals surface area (Å²) in [6.07, 6.45) is 2.34. The summed E-state index contributed by atoms with van der Waals surface area (Å²) in [6, 6.07) is -0.190. The number of carboxylic acid groups (broad SMARTS) is 1. The third-order valence-electron chi connectivity index (χ3n) is 3.38. The van der Waals surface area contributed by atoms with Gasteiger partial charge in [0, 0.05) is 19.5 Å². The Hall–Kier alpha value is -1.30. The van der Waals surface area contributed by atoms with E-state index in [0.29, 0.717) is 26.1 Å². The van der Waals surface area contributed by atoms with Crippen molar-refractivity contribution >= 4 is 12.0 Å². The molecule has 118 valence electrons. The van der Waals surface area contributed by atoms with Crippen molar-refractivity contribution in [3.63, 3.8) is 0 Å². The van der Waals surface area contributed by atoms with E-state index in [4.69, 9.17) is 10.8 Å². The van der Waals surface area contributed by atoms with Gasteiger partial charge in [-0.3, -0.25) is 4.79 Å². The fraction of sp³-hybridized carbons (Fsp3) is 0.857. The Balaban J connectivity index is 4.01. The molecule has 0 aliphatic carbocycles. The lowest BCUT2D eigenvalue weighted by Crippen LogP contribution is -2.38. The van der Waals surface area contributed by atoms with Crippen molar-refractivity contribution < 1.29 is 14.7 Å². The molecule has 0 rings (SSSR count). The van der Waals surface area contributed by atoms with Crippen LogP contribution in [0.25, 0.3) is 0 Å². The van der Waals surface area contributed by atoms with Crippen LogP contribution >= 0.6 is 0 Å². The SMILES string of the molecule is CC(C)(C)C(CCNC(=O)NCCCN)CCC(=O)O. The predicted octanol–water partition coefficient (Wildman–Crippen LogP) is 1.55. The van der Waals surface area contributed by atoms with Crippen molar-refractivity contribution in [1.29, 1.82) is 0 Å². The number of carbonyl (C=O) groups is 2. The number of aliphatic carboxylic acids is 1. The van der Waals surface area contributed by atoms with Gasteiger partial charge >= 0.3 is 12.0 Å². The zero-order valence-electron chi connectivity index (χ0n) is 12.9. The van der Waals surface area contributed by atoms with Crippen molar-refractivity contribution in [3.05, 3.63) is 0 Å². The minimum Gasteiger partial charge on any atom is -0.481 e. The molecule has 6 heteroatoms. The summed E-state index contributed by atoms with van der Waals surface area (Å²) in [5.74, 6) is -0.505. The Morgan fingerprint density at radius 2 is 1.75 bits per heavy atom. The Bertz CT molecular complexity index is 301. The van der Waals surface area contributed by atoms with Gasteiger partial charge in [0.15, 0.2) is 0 Å². The van der Waals surface area contributed by atoms with E-state index in [1.165, 1.54) is 0 Å². The highest BCUT2D eigenvalue weighted by molar-refractivity contribution is 5.73. The Morgan fingerprint density at radius 3 is 2.25 bits per heavy atom. The summed E-state index contributed by atoms with van der Waals surface area (Å²) < 4.78 is 0. The van der Waals surface area contributed by atoms with Gasteiger partial charge in [-0.15, -0.1) is 0 Å². The summed E-state index contributed by atoms with van der Waals surface area (Å²) in [5, 5.41) is 14.3. The summed E-state index contributed by atoms with van der Waals surface area (Å²) in [5.41, 5.74) is 5.38. The van der Waals surface area contributed by atoms with Crippen molar-refractivity contribution in [2.75, 3.05) is 19.6 Å². The van der Waals surface area contributed by atoms with Crippen LogP contribution in [0.15, 0.2) is 0 Å². The lowest BCUT2D eigenvalue weighted by Gasteiger charge is -2.30. The second-order valence-electron chi connectivity index (χ2n) is 6.11. The van der Waals surface area contributed by atoms with E-state index in [1.807, 2.05) is 0 Å². The van der Waals surface area contributed by atoms with Crippen molar-refractivity contribution in [1.82, 2.24) is 10.6 Å². The molecule has 0 spiro atoms. The monoisotopic (exact) mass is 287 g/mol. The number of carbonyl (C=O) groups excluding carboxylic acids is 1. The summed E-state index contributed by atoms with van der Waals surface area (Å²) in [6.45, 7) is 7.98. The van der Waals surface area contributed by atoms with Crippen LogP contribution in [0.2, 0.25) is 0 Å². The van der Waals surface area contributed by atoms with E-state index < -0.39 is 5.97 Å². The number of nitrogens with two attached hydrogens (primary N) is 1. The number of urea groups is 1. The molecular weight excluding hydrogens is 258 g/mol. The van der Waals surface area contributed by atoms with Crippen LogP contribution in [0.4, 0.5) is 4.79 Å². The molecule has 0 aliphatic heterocycles. The first-order valence-electron chi connectivity index (χ1n) is 7.21. The second-order valence-corrected chi connectivity index (χ2v) is 6.11. The van der Waals surface area contributed by atoms with Crippen LogP contribution in [0, 0.1) is 11.3 Å². The maximum Gasteiger partial charge on any atom is 0.314 e. The Morgan fingerprint density at radius 1 is 1.15 bits per heavy atom. The maximum atomic E-state index is 11.5. The highest BCUT2D eigenvalue weighted by atomic mass is 16.4. The lowest BCUT2D eigenvalue weighted by atomic mass is 9.76. The van der Waals surface area contributed by atoms with E-state index in [9.17, 15) is 9.59 Å². The molecular formula is C14H29N3O3. The number of nitrogens with one attached hydrogen (secondary N) is 2. The fourth-order valence-corrected chi connectivity index (χ4v) is 2.03. The number of amides is 2. The average molecular weight is 287 g/mol. The van der Waals surface area contributed by atoms with Gasteiger partial charge in [-0.25, -0.2) is 4.79 Å². The second kappa shape index (κ2) is 9.58. The van der Waals surface area contributed by atoms with Gasteiger partial charge < -0.3 is 21.5 Å². The molecule has 0 aromatic rings. The predicted molar refractivity (Wildman–Crippen MR) is 79.5 cm³/mol. The fourth-order valence-electron chi connectivity index (χ4n) is 2.03. The first-order chi connectivity index (χ1) is 9.27. The van der Waals surface area contributed by atoms with Gasteiger partial charge in [0.2, 0.25) is 0 Å². The molecule has 2 amide bonds. The molecule has 1 unspecified atom stereocenters. The van der Waals surface area contributed by atoms with Crippen LogP contribution in [0.1, 0.15) is 46.5 Å². The molecule has 0 bridgehead atoms. The van der Waals surface area contributed by atoms with E-state index >= 15 is 0 Å². The molecule has 0 radical (unpaired) electrons. The summed E-state index contributed by atoms with van der Waals surface area (Å²) in [7, 11) is 0. The minimum atomic E-state index is -0.772. The molecule has 0 saturated heterocycles. The Kier molecular flexibility index (Phi) is 8.96. The molecule has 0 aromatic heterocycles. The summed E-state index contributed by atoms with van der Waals surface area (Å²) >= 11 is 0. The maximum absolute atomic E-state index is 11.5. The van der Waals surface area contributed by atoms with Gasteiger partial charge in [-0.05, 0) is 37.1 Å². The van der Waals surface area contributed by atoms with Gasteiger partial charge in [0.1, 0.15) is 0 Å². The van der Waals surface area contributed by atoms with Gasteiger partial charge in [0.25, 0.3) is 0 Å². The van der Waals surface area contributed by atoms with E-state index in [-0.39, 0.29) is 23.8 Å². The molecule has 1 atom stereocenters. The molecule has 6 nitrogen and oxygen atoms in total. The summed E-state index contributed by atoms with van der Waals surface area (Å²) in [4.78, 5) is 22.1. The quantitative estimate of drug-likeness (QED) is 0.483. The molecule has 0 aromatic carbocycles. The zero-order valence-corrected chi connectivity index (χ0v) is 12.9. The van der Waals surface area contributed by atoms with Crippen LogP contribution in [-0.2, 0) is 4.79 Å². The van der Waals surface area contributed by atoms with Crippen LogP contribution in [0.3, 0.4) is 0 Å². The van der Waals surface area contributed by atoms with Crippen LogP contribution in [0.5, 0.6) is 0 Å². The first kappa shape index (κ1) is 18.7. The molecule has 0 aliphatic rings. The number of rotatable bonds is 9. The van der Waals surface area contributed by atoms with Gasteiger partial charge in [0.05, 0.1) is 0 Å². The third kappa shape index (κ3) is 9.61. The van der Waals surface area contributed by atoms with Crippen molar-refractivity contribution in [2.45, 2.75) is 46.5 Å².